The van der Waals surface area contributed by atoms with Crippen LogP contribution in [0, 0.1) is 5.92 Å². The summed E-state index contributed by atoms with van der Waals surface area (Å²) in [7, 11) is 6.03. The van der Waals surface area contributed by atoms with E-state index >= 15 is 0 Å². The molecule has 154 valence electrons. The molecule has 0 spiro atoms. The minimum Gasteiger partial charge on any atom is -0.497 e. The van der Waals surface area contributed by atoms with Crippen LogP contribution in [-0.4, -0.2) is 57.7 Å². The van der Waals surface area contributed by atoms with Gasteiger partial charge in [-0.05, 0) is 69.8 Å². The van der Waals surface area contributed by atoms with Crippen LogP contribution in [0.2, 0.25) is 0 Å². The zero-order valence-corrected chi connectivity index (χ0v) is 19.8. The highest BCUT2D eigenvalue weighted by atomic mass is 127. The Morgan fingerprint density at radius 3 is 2.41 bits per heavy atom. The number of ether oxygens (including phenoxy) is 1. The first-order chi connectivity index (χ1) is 12.5. The lowest BCUT2D eigenvalue weighted by Gasteiger charge is -2.23. The lowest BCUT2D eigenvalue weighted by molar-refractivity contribution is 0.271. The Morgan fingerprint density at radius 2 is 1.89 bits per heavy atom. The molecule has 0 aromatic heterocycles. The number of guanidine groups is 1. The molecule has 0 aliphatic heterocycles. The van der Waals surface area contributed by atoms with Gasteiger partial charge in [-0.15, -0.1) is 24.0 Å². The minimum absolute atomic E-state index is 0. The molecule has 2 atom stereocenters. The molecule has 1 aromatic carbocycles. The molecule has 0 radical (unpaired) electrons. The summed E-state index contributed by atoms with van der Waals surface area (Å²) in [4.78, 5) is 7.14. The highest BCUT2D eigenvalue weighted by Crippen LogP contribution is 2.34. The van der Waals surface area contributed by atoms with E-state index in [1.807, 2.05) is 12.1 Å². The van der Waals surface area contributed by atoms with Crippen LogP contribution in [0.5, 0.6) is 5.75 Å². The lowest BCUT2D eigenvalue weighted by Crippen LogP contribution is -2.40. The normalized spacial score (nSPS) is 16.4. The van der Waals surface area contributed by atoms with Crippen molar-refractivity contribution in [3.8, 4) is 5.75 Å². The number of benzene rings is 1. The average Bonchev–Trinajstić information content (AvgIpc) is 3.46. The Hall–Kier alpha value is -1.02. The number of aliphatic imine (C=N–C) groups is 1. The standard InChI is InChI=1S/C21H36N4O.HI/c1-6-22-21(24-15-20(25(3)4)18-7-8-18)23-14-13-16(2)17-9-11-19(26-5)12-10-17;/h9-12,16,18,20H,6-8,13-15H2,1-5H3,(H2,22,23,24);1H. The SMILES string of the molecule is CCNC(=NCC(C1CC1)N(C)C)NCCC(C)c1ccc(OC)cc1.I. The molecular formula is C21H37IN4O. The van der Waals surface area contributed by atoms with Gasteiger partial charge in [0.1, 0.15) is 5.75 Å². The van der Waals surface area contributed by atoms with Gasteiger partial charge in [-0.3, -0.25) is 4.99 Å². The third kappa shape index (κ3) is 8.25. The van der Waals surface area contributed by atoms with Crippen LogP contribution in [0.4, 0.5) is 0 Å². The molecule has 1 aromatic rings. The second kappa shape index (κ2) is 12.4. The summed E-state index contributed by atoms with van der Waals surface area (Å²) in [5.41, 5.74) is 1.34. The fourth-order valence-electron chi connectivity index (χ4n) is 3.25. The number of nitrogens with one attached hydrogen (secondary N) is 2. The Balaban J connectivity index is 0.00000364. The molecule has 0 heterocycles. The fourth-order valence-corrected chi connectivity index (χ4v) is 3.25. The molecule has 1 saturated carbocycles. The maximum atomic E-state index is 5.23. The van der Waals surface area contributed by atoms with Gasteiger partial charge in [0, 0.05) is 19.1 Å². The molecule has 2 rings (SSSR count). The number of hydrogen-bond acceptors (Lipinski definition) is 3. The molecule has 0 saturated heterocycles. The minimum atomic E-state index is 0. The summed E-state index contributed by atoms with van der Waals surface area (Å²) < 4.78 is 5.23. The van der Waals surface area contributed by atoms with Crippen molar-refractivity contribution < 1.29 is 4.74 Å². The van der Waals surface area contributed by atoms with E-state index in [0.717, 1.165) is 43.7 Å². The zero-order valence-electron chi connectivity index (χ0n) is 17.5. The zero-order chi connectivity index (χ0) is 18.9. The topological polar surface area (TPSA) is 48.9 Å². The number of halogens is 1. The predicted octanol–water partition coefficient (Wildman–Crippen LogP) is 3.70. The molecule has 0 amide bonds. The van der Waals surface area contributed by atoms with Crippen LogP contribution >= 0.6 is 24.0 Å². The predicted molar refractivity (Wildman–Crippen MR) is 126 cm³/mol. The molecule has 1 aliphatic rings. The fraction of sp³-hybridized carbons (Fsp3) is 0.667. The van der Waals surface area contributed by atoms with Crippen molar-refractivity contribution in [3.05, 3.63) is 29.8 Å². The van der Waals surface area contributed by atoms with Crippen molar-refractivity contribution in [2.24, 2.45) is 10.9 Å². The van der Waals surface area contributed by atoms with E-state index in [4.69, 9.17) is 9.73 Å². The van der Waals surface area contributed by atoms with Crippen LogP contribution < -0.4 is 15.4 Å². The van der Waals surface area contributed by atoms with Crippen LogP contribution in [0.3, 0.4) is 0 Å². The third-order valence-electron chi connectivity index (χ3n) is 5.16. The molecule has 5 nitrogen and oxygen atoms in total. The second-order valence-electron chi connectivity index (χ2n) is 7.48. The summed E-state index contributed by atoms with van der Waals surface area (Å²) in [6.45, 7) is 7.04. The summed E-state index contributed by atoms with van der Waals surface area (Å²) in [6, 6.07) is 8.93. The van der Waals surface area contributed by atoms with Crippen LogP contribution in [0.25, 0.3) is 0 Å². The maximum Gasteiger partial charge on any atom is 0.191 e. The molecule has 6 heteroatoms. The van der Waals surface area contributed by atoms with Crippen molar-refractivity contribution in [1.29, 1.82) is 0 Å². The molecule has 2 unspecified atom stereocenters. The van der Waals surface area contributed by atoms with E-state index in [9.17, 15) is 0 Å². The highest BCUT2D eigenvalue weighted by molar-refractivity contribution is 14.0. The molecule has 1 aliphatic carbocycles. The maximum absolute atomic E-state index is 5.23. The van der Waals surface area contributed by atoms with E-state index in [2.05, 4.69) is 55.6 Å². The summed E-state index contributed by atoms with van der Waals surface area (Å²) in [5, 5.41) is 6.86. The summed E-state index contributed by atoms with van der Waals surface area (Å²) in [5.74, 6) is 3.16. The Morgan fingerprint density at radius 1 is 1.22 bits per heavy atom. The van der Waals surface area contributed by atoms with E-state index in [1.165, 1.54) is 18.4 Å². The number of nitrogens with zero attached hydrogens (tertiary/aromatic N) is 2. The van der Waals surface area contributed by atoms with E-state index in [1.54, 1.807) is 7.11 Å². The molecular weight excluding hydrogens is 451 g/mol. The Labute approximate surface area is 182 Å². The first kappa shape index (κ1) is 24.0. The van der Waals surface area contributed by atoms with E-state index in [0.29, 0.717) is 12.0 Å². The van der Waals surface area contributed by atoms with E-state index in [-0.39, 0.29) is 24.0 Å². The van der Waals surface area contributed by atoms with Crippen molar-refractivity contribution >= 4 is 29.9 Å². The largest absolute Gasteiger partial charge is 0.497 e. The van der Waals surface area contributed by atoms with Gasteiger partial charge in [0.2, 0.25) is 0 Å². The van der Waals surface area contributed by atoms with Gasteiger partial charge in [0.25, 0.3) is 0 Å². The molecule has 27 heavy (non-hydrogen) atoms. The van der Waals surface area contributed by atoms with Gasteiger partial charge < -0.3 is 20.3 Å². The Bertz CT molecular complexity index is 556. The van der Waals surface area contributed by atoms with Gasteiger partial charge in [-0.1, -0.05) is 19.1 Å². The number of methoxy groups -OCH3 is 1. The van der Waals surface area contributed by atoms with Gasteiger partial charge in [-0.2, -0.15) is 0 Å². The first-order valence-electron chi connectivity index (χ1n) is 9.87. The van der Waals surface area contributed by atoms with Crippen molar-refractivity contribution in [2.75, 3.05) is 40.8 Å². The number of hydrogen-bond donors (Lipinski definition) is 2. The van der Waals surface area contributed by atoms with Gasteiger partial charge in [-0.25, -0.2) is 0 Å². The number of likely N-dealkylation sites (N-methyl/N-ethyl adjacent to an activating group) is 1. The Kier molecular flexibility index (Phi) is 11.1. The van der Waals surface area contributed by atoms with Crippen molar-refractivity contribution in [1.82, 2.24) is 15.5 Å². The van der Waals surface area contributed by atoms with E-state index < -0.39 is 0 Å². The average molecular weight is 488 g/mol. The van der Waals surface area contributed by atoms with Crippen molar-refractivity contribution in [2.45, 2.75) is 45.1 Å². The highest BCUT2D eigenvalue weighted by Gasteiger charge is 2.32. The smallest absolute Gasteiger partial charge is 0.191 e. The van der Waals surface area contributed by atoms with Crippen LogP contribution in [0.1, 0.15) is 44.6 Å². The van der Waals surface area contributed by atoms with Gasteiger partial charge in [0.15, 0.2) is 5.96 Å². The quantitative estimate of drug-likeness (QED) is 0.300. The second-order valence-corrected chi connectivity index (χ2v) is 7.48. The molecule has 2 N–H and O–H groups in total. The summed E-state index contributed by atoms with van der Waals surface area (Å²) >= 11 is 0. The third-order valence-corrected chi connectivity index (χ3v) is 5.16. The number of rotatable bonds is 10. The van der Waals surface area contributed by atoms with Gasteiger partial charge >= 0.3 is 0 Å². The van der Waals surface area contributed by atoms with Crippen molar-refractivity contribution in [3.63, 3.8) is 0 Å². The first-order valence-corrected chi connectivity index (χ1v) is 9.87. The van der Waals surface area contributed by atoms with Crippen LogP contribution in [-0.2, 0) is 0 Å². The van der Waals surface area contributed by atoms with Gasteiger partial charge in [0.05, 0.1) is 13.7 Å². The molecule has 0 bridgehead atoms. The van der Waals surface area contributed by atoms with Crippen LogP contribution in [0.15, 0.2) is 29.3 Å². The molecule has 1 fully saturated rings. The summed E-state index contributed by atoms with van der Waals surface area (Å²) in [6.07, 6.45) is 3.76. The lowest BCUT2D eigenvalue weighted by atomic mass is 9.98. The monoisotopic (exact) mass is 488 g/mol.